The first-order chi connectivity index (χ1) is 14.4. The lowest BCUT2D eigenvalue weighted by atomic mass is 9.97. The average molecular weight is 441 g/mol. The van der Waals surface area contributed by atoms with E-state index in [0.717, 1.165) is 31.4 Å². The molecular formula is C24H40O5S. The van der Waals surface area contributed by atoms with Crippen LogP contribution in [-0.2, 0) is 19.7 Å². The summed E-state index contributed by atoms with van der Waals surface area (Å²) in [4.78, 5) is 22.8. The summed E-state index contributed by atoms with van der Waals surface area (Å²) in [6, 6.07) is 0. The Balaban J connectivity index is 1.96. The minimum absolute atomic E-state index is 0.331. The van der Waals surface area contributed by atoms with E-state index in [0.29, 0.717) is 12.0 Å². The van der Waals surface area contributed by atoms with Gasteiger partial charge in [-0.25, -0.2) is 0 Å². The summed E-state index contributed by atoms with van der Waals surface area (Å²) in [5.41, 5.74) is 0.331. The quantitative estimate of drug-likeness (QED) is 0.149. The maximum atomic E-state index is 11.9. The van der Waals surface area contributed by atoms with Gasteiger partial charge >= 0.3 is 0 Å². The molecule has 172 valence electrons. The summed E-state index contributed by atoms with van der Waals surface area (Å²) in [5, 5.41) is 0. The largest absolute Gasteiger partial charge is 0.298 e. The lowest BCUT2D eigenvalue weighted by Gasteiger charge is -2.10. The van der Waals surface area contributed by atoms with Crippen LogP contribution >= 0.6 is 0 Å². The van der Waals surface area contributed by atoms with Crippen molar-refractivity contribution in [3.05, 3.63) is 22.6 Å². The molecule has 0 aromatic rings. The van der Waals surface area contributed by atoms with Gasteiger partial charge in [-0.15, -0.1) is 0 Å². The van der Waals surface area contributed by atoms with Crippen molar-refractivity contribution in [2.45, 2.75) is 116 Å². The molecule has 0 heterocycles. The molecule has 0 saturated heterocycles. The predicted molar refractivity (Wildman–Crippen MR) is 122 cm³/mol. The fraction of sp³-hybridized carbons (Fsp3) is 0.750. The van der Waals surface area contributed by atoms with E-state index in [9.17, 15) is 18.0 Å². The number of unbranched alkanes of at least 4 members (excludes halogenated alkanes) is 15. The second kappa shape index (κ2) is 15.5. The van der Waals surface area contributed by atoms with E-state index in [-0.39, 0.29) is 0 Å². The van der Waals surface area contributed by atoms with Gasteiger partial charge in [0.25, 0.3) is 10.1 Å². The van der Waals surface area contributed by atoms with Crippen molar-refractivity contribution >= 4 is 21.7 Å². The Labute approximate surface area is 183 Å². The van der Waals surface area contributed by atoms with Crippen LogP contribution in [0.25, 0.3) is 0 Å². The van der Waals surface area contributed by atoms with E-state index in [1.54, 1.807) is 0 Å². The van der Waals surface area contributed by atoms with E-state index < -0.39 is 26.6 Å². The highest BCUT2D eigenvalue weighted by Crippen LogP contribution is 2.21. The van der Waals surface area contributed by atoms with Crippen molar-refractivity contribution in [3.63, 3.8) is 0 Å². The molecule has 5 nitrogen and oxygen atoms in total. The number of carbonyl (C=O) groups excluding carboxylic acids is 2. The topological polar surface area (TPSA) is 88.5 Å². The summed E-state index contributed by atoms with van der Waals surface area (Å²) in [7, 11) is -4.64. The summed E-state index contributed by atoms with van der Waals surface area (Å²) in [6.07, 6.45) is 22.6. The van der Waals surface area contributed by atoms with Gasteiger partial charge in [0.2, 0.25) is 0 Å². The maximum Gasteiger partial charge on any atom is 0.298 e. The van der Waals surface area contributed by atoms with Gasteiger partial charge in [0.15, 0.2) is 11.6 Å². The van der Waals surface area contributed by atoms with E-state index in [1.807, 2.05) is 0 Å². The zero-order chi connectivity index (χ0) is 22.2. The standard InChI is InChI=1S/C24H40O5S/c1-2-3-4-5-6-7-8-9-10-11-12-13-14-15-16-17-18-21-19-23(26)24(20-22(21)25)30(27,28)29/h19-20H,2-18H2,1H3,(H,27,28,29). The number of allylic oxidation sites excluding steroid dienone is 4. The lowest BCUT2D eigenvalue weighted by molar-refractivity contribution is -0.114. The highest BCUT2D eigenvalue weighted by molar-refractivity contribution is 7.91. The van der Waals surface area contributed by atoms with Crippen LogP contribution < -0.4 is 0 Å². The Morgan fingerprint density at radius 1 is 0.633 bits per heavy atom. The van der Waals surface area contributed by atoms with Gasteiger partial charge in [-0.3, -0.25) is 14.1 Å². The van der Waals surface area contributed by atoms with E-state index in [2.05, 4.69) is 6.92 Å². The van der Waals surface area contributed by atoms with Gasteiger partial charge in [0, 0.05) is 11.6 Å². The monoisotopic (exact) mass is 440 g/mol. The van der Waals surface area contributed by atoms with Gasteiger partial charge in [0.05, 0.1) is 0 Å². The Kier molecular flexibility index (Phi) is 13.8. The van der Waals surface area contributed by atoms with Crippen LogP contribution in [0.4, 0.5) is 0 Å². The van der Waals surface area contributed by atoms with Crippen molar-refractivity contribution in [1.82, 2.24) is 0 Å². The van der Waals surface area contributed by atoms with Crippen LogP contribution in [-0.4, -0.2) is 24.5 Å². The summed E-state index contributed by atoms with van der Waals surface area (Å²) in [5.74, 6) is -1.31. The molecule has 1 aliphatic carbocycles. The molecular weight excluding hydrogens is 400 g/mol. The third kappa shape index (κ3) is 11.8. The maximum absolute atomic E-state index is 11.9. The van der Waals surface area contributed by atoms with E-state index >= 15 is 0 Å². The third-order valence-electron chi connectivity index (χ3n) is 5.70. The Morgan fingerprint density at radius 3 is 1.43 bits per heavy atom. The number of ketones is 2. The first-order valence-corrected chi connectivity index (χ1v) is 13.3. The zero-order valence-corrected chi connectivity index (χ0v) is 19.5. The molecule has 0 saturated carbocycles. The highest BCUT2D eigenvalue weighted by Gasteiger charge is 2.27. The fourth-order valence-electron chi connectivity index (χ4n) is 3.84. The molecule has 0 radical (unpaired) electrons. The minimum Gasteiger partial charge on any atom is -0.290 e. The Bertz CT molecular complexity index is 688. The van der Waals surface area contributed by atoms with Crippen LogP contribution in [0, 0.1) is 0 Å². The first kappa shape index (κ1) is 26.8. The summed E-state index contributed by atoms with van der Waals surface area (Å²) in [6.45, 7) is 2.25. The molecule has 0 aromatic carbocycles. The van der Waals surface area contributed by atoms with Crippen LogP contribution in [0.1, 0.15) is 116 Å². The molecule has 6 heteroatoms. The molecule has 0 bridgehead atoms. The molecule has 0 amide bonds. The van der Waals surface area contributed by atoms with E-state index in [4.69, 9.17) is 4.55 Å². The van der Waals surface area contributed by atoms with Crippen molar-refractivity contribution in [2.24, 2.45) is 0 Å². The van der Waals surface area contributed by atoms with Gasteiger partial charge in [0.1, 0.15) is 4.91 Å². The molecule has 30 heavy (non-hydrogen) atoms. The second-order valence-electron chi connectivity index (χ2n) is 8.44. The van der Waals surface area contributed by atoms with Gasteiger partial charge in [-0.05, 0) is 18.9 Å². The van der Waals surface area contributed by atoms with Crippen LogP contribution in [0.2, 0.25) is 0 Å². The minimum atomic E-state index is -4.64. The molecule has 0 atom stereocenters. The Hall–Kier alpha value is -1.27. The Morgan fingerprint density at radius 2 is 1.03 bits per heavy atom. The van der Waals surface area contributed by atoms with E-state index in [1.165, 1.54) is 83.5 Å². The molecule has 1 rings (SSSR count). The average Bonchev–Trinajstić information content (AvgIpc) is 2.69. The molecule has 1 aliphatic rings. The van der Waals surface area contributed by atoms with Crippen LogP contribution in [0.5, 0.6) is 0 Å². The van der Waals surface area contributed by atoms with Crippen LogP contribution in [0.3, 0.4) is 0 Å². The summed E-state index contributed by atoms with van der Waals surface area (Å²) >= 11 is 0. The number of hydrogen-bond donors (Lipinski definition) is 1. The second-order valence-corrected chi connectivity index (χ2v) is 9.82. The normalized spacial score (nSPS) is 14.7. The lowest BCUT2D eigenvalue weighted by Crippen LogP contribution is -2.19. The molecule has 0 unspecified atom stereocenters. The smallest absolute Gasteiger partial charge is 0.290 e. The van der Waals surface area contributed by atoms with Gasteiger partial charge in [-0.2, -0.15) is 8.42 Å². The molecule has 0 fully saturated rings. The summed E-state index contributed by atoms with van der Waals surface area (Å²) < 4.78 is 31.0. The first-order valence-electron chi connectivity index (χ1n) is 11.8. The van der Waals surface area contributed by atoms with Gasteiger partial charge < -0.3 is 0 Å². The predicted octanol–water partition coefficient (Wildman–Crippen LogP) is 6.49. The van der Waals surface area contributed by atoms with Crippen molar-refractivity contribution in [3.8, 4) is 0 Å². The fourth-order valence-corrected chi connectivity index (χ4v) is 4.41. The number of hydrogen-bond acceptors (Lipinski definition) is 4. The third-order valence-corrected chi connectivity index (χ3v) is 6.58. The highest BCUT2D eigenvalue weighted by atomic mass is 32.2. The zero-order valence-electron chi connectivity index (χ0n) is 18.7. The number of rotatable bonds is 18. The van der Waals surface area contributed by atoms with Crippen molar-refractivity contribution in [2.75, 3.05) is 0 Å². The van der Waals surface area contributed by atoms with Crippen molar-refractivity contribution in [1.29, 1.82) is 0 Å². The molecule has 0 spiro atoms. The van der Waals surface area contributed by atoms with Crippen LogP contribution in [0.15, 0.2) is 22.6 Å². The van der Waals surface area contributed by atoms with Crippen molar-refractivity contribution < 1.29 is 22.6 Å². The number of carbonyl (C=O) groups is 2. The van der Waals surface area contributed by atoms with Gasteiger partial charge in [-0.1, -0.05) is 103 Å². The molecule has 1 N–H and O–H groups in total. The molecule has 0 aliphatic heterocycles. The molecule has 0 aromatic heterocycles. The SMILES string of the molecule is CCCCCCCCCCCCCCCCCCC1=CC(=O)C(S(=O)(=O)O)=CC1=O.